The van der Waals surface area contributed by atoms with E-state index in [1.54, 1.807) is 6.07 Å². The number of aliphatic carboxylic acids is 1. The predicted molar refractivity (Wildman–Crippen MR) is 178 cm³/mol. The van der Waals surface area contributed by atoms with Crippen LogP contribution >= 0.6 is 0 Å². The highest BCUT2D eigenvalue weighted by atomic mass is 19.4. The van der Waals surface area contributed by atoms with Gasteiger partial charge in [0.1, 0.15) is 11.6 Å². The highest BCUT2D eigenvalue weighted by molar-refractivity contribution is 5.96. The summed E-state index contributed by atoms with van der Waals surface area (Å²) >= 11 is 0. The van der Waals surface area contributed by atoms with Crippen molar-refractivity contribution in [2.24, 2.45) is 5.73 Å². The lowest BCUT2D eigenvalue weighted by Gasteiger charge is -2.40. The average molecular weight is 673 g/mol. The SMILES string of the molecule is Cc1cc(C)c(C(=O)N2CCN(c3ccc(F)cn3)CC2C)cc1CN1CCN(c2ccccc2CCCN)CC1.O=C(O)C(F)(F)F. The quantitative estimate of drug-likeness (QED) is 0.321. The lowest BCUT2D eigenvalue weighted by molar-refractivity contribution is -0.192. The molecule has 0 bridgehead atoms. The summed E-state index contributed by atoms with van der Waals surface area (Å²) in [6, 6.07) is 16.2. The molecule has 0 spiro atoms. The Labute approximate surface area is 278 Å². The number of carboxylic acids is 1. The van der Waals surface area contributed by atoms with E-state index in [4.69, 9.17) is 15.6 Å². The smallest absolute Gasteiger partial charge is 0.475 e. The van der Waals surface area contributed by atoms with E-state index in [1.165, 1.54) is 34.6 Å². The molecule has 0 radical (unpaired) electrons. The molecule has 1 unspecified atom stereocenters. The molecule has 0 saturated carbocycles. The van der Waals surface area contributed by atoms with Crippen molar-refractivity contribution in [1.82, 2.24) is 14.8 Å². The molecule has 260 valence electrons. The number of pyridine rings is 1. The summed E-state index contributed by atoms with van der Waals surface area (Å²) in [6.07, 6.45) is -1.81. The number of amides is 1. The summed E-state index contributed by atoms with van der Waals surface area (Å²) in [6.45, 7) is 13.7. The second kappa shape index (κ2) is 16.2. The summed E-state index contributed by atoms with van der Waals surface area (Å²) in [4.78, 5) is 36.0. The number of carbonyl (C=O) groups is 2. The van der Waals surface area contributed by atoms with Crippen molar-refractivity contribution in [3.05, 3.63) is 88.4 Å². The molecule has 3 heterocycles. The van der Waals surface area contributed by atoms with E-state index in [9.17, 15) is 22.4 Å². The molecule has 1 atom stereocenters. The summed E-state index contributed by atoms with van der Waals surface area (Å²) in [7, 11) is 0. The number of anilines is 2. The first-order chi connectivity index (χ1) is 22.8. The van der Waals surface area contributed by atoms with Crippen LogP contribution in [0.25, 0.3) is 0 Å². The van der Waals surface area contributed by atoms with Gasteiger partial charge in [-0.25, -0.2) is 14.2 Å². The van der Waals surface area contributed by atoms with Gasteiger partial charge in [0.2, 0.25) is 0 Å². The Balaban J connectivity index is 0.000000671. The first kappa shape index (κ1) is 36.6. The summed E-state index contributed by atoms with van der Waals surface area (Å²) < 4.78 is 45.1. The van der Waals surface area contributed by atoms with Crippen LogP contribution in [0.3, 0.4) is 0 Å². The number of para-hydroxylation sites is 1. The van der Waals surface area contributed by atoms with Crippen molar-refractivity contribution in [2.75, 3.05) is 62.2 Å². The van der Waals surface area contributed by atoms with Gasteiger partial charge in [-0.2, -0.15) is 13.2 Å². The van der Waals surface area contributed by atoms with Crippen molar-refractivity contribution in [2.45, 2.75) is 52.4 Å². The molecule has 2 aliphatic rings. The predicted octanol–water partition coefficient (Wildman–Crippen LogP) is 5.04. The van der Waals surface area contributed by atoms with Crippen molar-refractivity contribution in [3.63, 3.8) is 0 Å². The summed E-state index contributed by atoms with van der Waals surface area (Å²) in [5.74, 6) is -2.26. The van der Waals surface area contributed by atoms with E-state index in [0.29, 0.717) is 26.2 Å². The van der Waals surface area contributed by atoms with Gasteiger partial charge in [0, 0.05) is 69.7 Å². The maximum absolute atomic E-state index is 13.8. The Kier molecular flexibility index (Phi) is 12.4. The number of rotatable bonds is 8. The van der Waals surface area contributed by atoms with Gasteiger partial charge in [0.05, 0.1) is 6.20 Å². The van der Waals surface area contributed by atoms with E-state index < -0.39 is 12.1 Å². The van der Waals surface area contributed by atoms with Gasteiger partial charge < -0.3 is 25.5 Å². The second-order valence-corrected chi connectivity index (χ2v) is 12.3. The molecule has 2 saturated heterocycles. The molecule has 1 amide bonds. The maximum Gasteiger partial charge on any atom is 0.490 e. The number of piperazine rings is 2. The van der Waals surface area contributed by atoms with Crippen LogP contribution < -0.4 is 15.5 Å². The molecule has 5 rings (SSSR count). The Morgan fingerprint density at radius 2 is 1.60 bits per heavy atom. The van der Waals surface area contributed by atoms with Gasteiger partial charge >= 0.3 is 12.1 Å². The van der Waals surface area contributed by atoms with Crippen LogP contribution in [-0.4, -0.2) is 96.3 Å². The highest BCUT2D eigenvalue weighted by Crippen LogP contribution is 2.26. The number of hydrogen-bond donors (Lipinski definition) is 2. The molecule has 2 fully saturated rings. The number of aromatic nitrogens is 1. The van der Waals surface area contributed by atoms with Gasteiger partial charge in [-0.05, 0) is 86.7 Å². The van der Waals surface area contributed by atoms with E-state index in [1.807, 2.05) is 11.8 Å². The van der Waals surface area contributed by atoms with Crippen LogP contribution in [0.5, 0.6) is 0 Å². The number of carboxylic acid groups (broad SMARTS) is 1. The molecule has 3 aromatic rings. The molecule has 0 aliphatic carbocycles. The molecule has 3 N–H and O–H groups in total. The molecule has 9 nitrogen and oxygen atoms in total. The number of hydrogen-bond acceptors (Lipinski definition) is 7. The van der Waals surface area contributed by atoms with E-state index >= 15 is 0 Å². The van der Waals surface area contributed by atoms with Crippen LogP contribution in [0.2, 0.25) is 0 Å². The zero-order valence-corrected chi connectivity index (χ0v) is 27.6. The minimum absolute atomic E-state index is 0.0214. The van der Waals surface area contributed by atoms with Crippen LogP contribution in [0.1, 0.15) is 46.0 Å². The Hall–Kier alpha value is -4.23. The van der Waals surface area contributed by atoms with Crippen LogP contribution in [-0.2, 0) is 17.8 Å². The number of nitrogens with zero attached hydrogens (tertiary/aromatic N) is 5. The lowest BCUT2D eigenvalue weighted by atomic mass is 9.97. The monoisotopic (exact) mass is 672 g/mol. The number of aryl methyl sites for hydroxylation is 3. The van der Waals surface area contributed by atoms with Gasteiger partial charge in [0.25, 0.3) is 5.91 Å². The third-order valence-corrected chi connectivity index (χ3v) is 8.83. The number of alkyl halides is 3. The first-order valence-electron chi connectivity index (χ1n) is 16.1. The van der Waals surface area contributed by atoms with E-state index in [-0.39, 0.29) is 17.8 Å². The molecule has 2 aromatic carbocycles. The molecule has 13 heteroatoms. The fourth-order valence-electron chi connectivity index (χ4n) is 6.19. The van der Waals surface area contributed by atoms with E-state index in [0.717, 1.165) is 62.5 Å². The molecule has 2 aliphatic heterocycles. The van der Waals surface area contributed by atoms with Crippen LogP contribution in [0, 0.1) is 19.7 Å². The molecular weight excluding hydrogens is 628 g/mol. The average Bonchev–Trinajstić information content (AvgIpc) is 3.05. The summed E-state index contributed by atoms with van der Waals surface area (Å²) in [5, 5.41) is 7.12. The third-order valence-electron chi connectivity index (χ3n) is 8.83. The van der Waals surface area contributed by atoms with Crippen molar-refractivity contribution in [1.29, 1.82) is 0 Å². The maximum atomic E-state index is 13.8. The van der Waals surface area contributed by atoms with Gasteiger partial charge in [-0.15, -0.1) is 0 Å². The number of benzene rings is 2. The fourth-order valence-corrected chi connectivity index (χ4v) is 6.19. The minimum Gasteiger partial charge on any atom is -0.475 e. The minimum atomic E-state index is -5.08. The van der Waals surface area contributed by atoms with Crippen LogP contribution in [0.15, 0.2) is 54.7 Å². The van der Waals surface area contributed by atoms with Crippen molar-refractivity contribution in [3.8, 4) is 0 Å². The van der Waals surface area contributed by atoms with Crippen molar-refractivity contribution < 1.29 is 32.3 Å². The number of nitrogens with two attached hydrogens (primary N) is 1. The topological polar surface area (TPSA) is 106 Å². The number of halogens is 4. The first-order valence-corrected chi connectivity index (χ1v) is 16.1. The molecule has 1 aromatic heterocycles. The van der Waals surface area contributed by atoms with Gasteiger partial charge in [0.15, 0.2) is 0 Å². The standard InChI is InChI=1S/C33H43FN6O.C2HF3O2/c1-24-19-25(2)30(33(41)40-18-17-39(22-26(40)3)32-11-10-29(34)21-36-32)20-28(24)23-37-13-15-38(16-14-37)31-9-5-4-7-27(31)8-6-12-35;3-2(4,5)1(6)7/h4-5,7,9-11,19-21,26H,6,8,12-18,22-23,35H2,1-3H3;(H,6,7). The van der Waals surface area contributed by atoms with Gasteiger partial charge in [-0.3, -0.25) is 9.69 Å². The normalized spacial score (nSPS) is 17.2. The second-order valence-electron chi connectivity index (χ2n) is 12.3. The zero-order valence-electron chi connectivity index (χ0n) is 27.6. The lowest BCUT2D eigenvalue weighted by Crippen LogP contribution is -2.54. The highest BCUT2D eigenvalue weighted by Gasteiger charge is 2.38. The van der Waals surface area contributed by atoms with Gasteiger partial charge in [-0.1, -0.05) is 24.3 Å². The third kappa shape index (κ3) is 9.44. The Bertz CT molecular complexity index is 1540. The van der Waals surface area contributed by atoms with Crippen LogP contribution in [0.4, 0.5) is 29.1 Å². The molecule has 48 heavy (non-hydrogen) atoms. The number of carbonyl (C=O) groups excluding carboxylic acids is 1. The largest absolute Gasteiger partial charge is 0.490 e. The van der Waals surface area contributed by atoms with Crippen molar-refractivity contribution >= 4 is 23.4 Å². The van der Waals surface area contributed by atoms with E-state index in [2.05, 4.69) is 69.9 Å². The Morgan fingerprint density at radius 1 is 0.938 bits per heavy atom. The fraction of sp³-hybridized carbons (Fsp3) is 0.457. The summed E-state index contributed by atoms with van der Waals surface area (Å²) in [5.41, 5.74) is 12.7. The zero-order chi connectivity index (χ0) is 35.0. The Morgan fingerprint density at radius 3 is 2.21 bits per heavy atom. The molecular formula is C35H44F4N6O3.